The fraction of sp³-hybridized carbons (Fsp3) is 0.400. The maximum absolute atomic E-state index is 13.8. The molecule has 2 aliphatic heterocycles. The van der Waals surface area contributed by atoms with E-state index in [1.165, 1.54) is 0 Å². The number of fused-ring (bicyclic) bond motifs is 1. The molecule has 0 radical (unpaired) electrons. The Morgan fingerprint density at radius 2 is 2.03 bits per heavy atom. The summed E-state index contributed by atoms with van der Waals surface area (Å²) in [6, 6.07) is 10.6. The fourth-order valence-corrected chi connectivity index (χ4v) is 5.26. The highest BCUT2D eigenvalue weighted by molar-refractivity contribution is 5.99. The van der Waals surface area contributed by atoms with E-state index in [-0.39, 0.29) is 30.5 Å². The molecule has 1 aromatic carbocycles. The number of hydrogen-bond acceptors (Lipinski definition) is 6. The Morgan fingerprint density at radius 1 is 1.18 bits per heavy atom. The Hall–Kier alpha value is -3.55. The lowest BCUT2D eigenvalue weighted by atomic mass is 9.87. The summed E-state index contributed by atoms with van der Waals surface area (Å²) in [5.74, 6) is 0.862. The number of methoxy groups -OCH3 is 1. The van der Waals surface area contributed by atoms with E-state index in [0.717, 1.165) is 36.9 Å². The molecule has 3 heterocycles. The predicted molar refractivity (Wildman–Crippen MR) is 122 cm³/mol. The van der Waals surface area contributed by atoms with Gasteiger partial charge in [-0.25, -0.2) is 0 Å². The molecule has 2 amide bonds. The van der Waals surface area contributed by atoms with E-state index in [2.05, 4.69) is 15.6 Å². The zero-order chi connectivity index (χ0) is 22.8. The van der Waals surface area contributed by atoms with E-state index in [9.17, 15) is 9.59 Å². The average molecular weight is 449 g/mol. The fourth-order valence-electron chi connectivity index (χ4n) is 5.26. The standard InChI is InChI=1S/C25H28N4O4/c1-32-21-11-5-2-8-17(21)24-23-19(14-27-25(23)31)28-18-9-3-4-10-20(18)29(24)22(30)15-33-16-7-6-12-26-13-16/h2,5-8,11-13,18,20,24,28H,3-4,9-10,14-15H2,1H3,(H,27,31)/t18-,20-,24-/m1/s1. The van der Waals surface area contributed by atoms with Crippen molar-refractivity contribution in [3.63, 3.8) is 0 Å². The van der Waals surface area contributed by atoms with Crippen LogP contribution in [-0.2, 0) is 9.59 Å². The monoisotopic (exact) mass is 448 g/mol. The third kappa shape index (κ3) is 4.01. The van der Waals surface area contributed by atoms with E-state index in [1.807, 2.05) is 29.2 Å². The number of para-hydroxylation sites is 1. The second-order valence-electron chi connectivity index (χ2n) is 8.60. The van der Waals surface area contributed by atoms with Crippen LogP contribution < -0.4 is 20.1 Å². The minimum Gasteiger partial charge on any atom is -0.496 e. The van der Waals surface area contributed by atoms with Gasteiger partial charge in [0, 0.05) is 23.5 Å². The van der Waals surface area contributed by atoms with Crippen molar-refractivity contribution in [2.45, 2.75) is 43.8 Å². The number of aromatic nitrogens is 1. The third-order valence-electron chi connectivity index (χ3n) is 6.71. The molecule has 5 rings (SSSR count). The van der Waals surface area contributed by atoms with Crippen molar-refractivity contribution in [3.8, 4) is 11.5 Å². The van der Waals surface area contributed by atoms with Gasteiger partial charge < -0.3 is 25.0 Å². The molecular formula is C25H28N4O4. The van der Waals surface area contributed by atoms with Crippen LogP contribution in [0.3, 0.4) is 0 Å². The van der Waals surface area contributed by atoms with Gasteiger partial charge in [0.1, 0.15) is 11.5 Å². The Bertz CT molecular complexity index is 1070. The number of amides is 2. The number of nitrogens with zero attached hydrogens (tertiary/aromatic N) is 2. The number of hydrogen-bond donors (Lipinski definition) is 2. The lowest BCUT2D eigenvalue weighted by Crippen LogP contribution is -2.54. The van der Waals surface area contributed by atoms with Gasteiger partial charge in [-0.15, -0.1) is 0 Å². The molecule has 33 heavy (non-hydrogen) atoms. The zero-order valence-electron chi connectivity index (χ0n) is 18.6. The van der Waals surface area contributed by atoms with Gasteiger partial charge in [0.15, 0.2) is 6.61 Å². The molecule has 1 aliphatic carbocycles. The molecule has 8 nitrogen and oxygen atoms in total. The minimum absolute atomic E-state index is 0.0583. The first-order valence-corrected chi connectivity index (χ1v) is 11.4. The van der Waals surface area contributed by atoms with Crippen molar-refractivity contribution < 1.29 is 19.1 Å². The molecule has 2 N–H and O–H groups in total. The van der Waals surface area contributed by atoms with Gasteiger partial charge in [0.2, 0.25) is 0 Å². The number of nitrogens with one attached hydrogen (secondary N) is 2. The van der Waals surface area contributed by atoms with Crippen molar-refractivity contribution >= 4 is 11.8 Å². The zero-order valence-corrected chi connectivity index (χ0v) is 18.6. The molecule has 3 atom stereocenters. The minimum atomic E-state index is -0.566. The van der Waals surface area contributed by atoms with Crippen LogP contribution >= 0.6 is 0 Å². The Kier molecular flexibility index (Phi) is 5.90. The number of carbonyl (C=O) groups excluding carboxylic acids is 2. The van der Waals surface area contributed by atoms with Crippen LogP contribution in [0.5, 0.6) is 11.5 Å². The summed E-state index contributed by atoms with van der Waals surface area (Å²) in [6.45, 7) is 0.308. The first kappa shape index (κ1) is 21.3. The van der Waals surface area contributed by atoms with E-state index in [0.29, 0.717) is 23.6 Å². The summed E-state index contributed by atoms with van der Waals surface area (Å²) in [5, 5.41) is 6.56. The molecular weight excluding hydrogens is 420 g/mol. The third-order valence-corrected chi connectivity index (χ3v) is 6.71. The number of pyridine rings is 1. The first-order chi connectivity index (χ1) is 16.2. The van der Waals surface area contributed by atoms with Crippen molar-refractivity contribution in [2.75, 3.05) is 20.3 Å². The molecule has 0 saturated heterocycles. The molecule has 1 saturated carbocycles. The van der Waals surface area contributed by atoms with Gasteiger partial charge in [-0.2, -0.15) is 0 Å². The number of rotatable bonds is 5. The van der Waals surface area contributed by atoms with Crippen LogP contribution in [0.2, 0.25) is 0 Å². The van der Waals surface area contributed by atoms with Crippen LogP contribution in [-0.4, -0.2) is 54.0 Å². The van der Waals surface area contributed by atoms with Gasteiger partial charge in [0.25, 0.3) is 11.8 Å². The maximum Gasteiger partial charge on any atom is 0.261 e. The summed E-state index contributed by atoms with van der Waals surface area (Å²) in [6.07, 6.45) is 7.18. The SMILES string of the molecule is COc1ccccc1[C@@H]1C2=C(CNC2=O)N[C@@H]2CCCC[C@H]2N1C(=O)COc1cccnc1. The average Bonchev–Trinajstić information content (AvgIpc) is 3.13. The molecule has 172 valence electrons. The largest absolute Gasteiger partial charge is 0.496 e. The van der Waals surface area contributed by atoms with E-state index >= 15 is 0 Å². The number of benzene rings is 1. The highest BCUT2D eigenvalue weighted by atomic mass is 16.5. The quantitative estimate of drug-likeness (QED) is 0.730. The summed E-state index contributed by atoms with van der Waals surface area (Å²) in [4.78, 5) is 32.8. The summed E-state index contributed by atoms with van der Waals surface area (Å²) in [5.41, 5.74) is 2.26. The second-order valence-corrected chi connectivity index (χ2v) is 8.60. The van der Waals surface area contributed by atoms with Gasteiger partial charge >= 0.3 is 0 Å². The highest BCUT2D eigenvalue weighted by Gasteiger charge is 2.47. The van der Waals surface area contributed by atoms with E-state index < -0.39 is 6.04 Å². The van der Waals surface area contributed by atoms with Crippen LogP contribution in [0, 0.1) is 0 Å². The topological polar surface area (TPSA) is 92.8 Å². The second kappa shape index (κ2) is 9.13. The lowest BCUT2D eigenvalue weighted by Gasteiger charge is -2.42. The normalized spacial score (nSPS) is 24.2. The van der Waals surface area contributed by atoms with Crippen LogP contribution in [0.25, 0.3) is 0 Å². The molecule has 2 aromatic rings. The van der Waals surface area contributed by atoms with E-state index in [1.54, 1.807) is 31.6 Å². The van der Waals surface area contributed by atoms with Crippen molar-refractivity contribution in [2.24, 2.45) is 0 Å². The lowest BCUT2D eigenvalue weighted by molar-refractivity contribution is -0.139. The first-order valence-electron chi connectivity index (χ1n) is 11.4. The number of carbonyl (C=O) groups is 2. The van der Waals surface area contributed by atoms with Crippen LogP contribution in [0.1, 0.15) is 37.3 Å². The Labute approximate surface area is 193 Å². The molecule has 0 bridgehead atoms. The summed E-state index contributed by atoms with van der Waals surface area (Å²) >= 11 is 0. The van der Waals surface area contributed by atoms with Gasteiger partial charge in [-0.3, -0.25) is 14.6 Å². The Balaban J connectivity index is 1.59. The van der Waals surface area contributed by atoms with E-state index in [4.69, 9.17) is 9.47 Å². The summed E-state index contributed by atoms with van der Waals surface area (Å²) < 4.78 is 11.5. The van der Waals surface area contributed by atoms with Crippen LogP contribution in [0.4, 0.5) is 0 Å². The molecule has 0 spiro atoms. The Morgan fingerprint density at radius 3 is 2.85 bits per heavy atom. The van der Waals surface area contributed by atoms with Crippen LogP contribution in [0.15, 0.2) is 60.1 Å². The number of ether oxygens (including phenoxy) is 2. The van der Waals surface area contributed by atoms with Gasteiger partial charge in [0.05, 0.1) is 37.5 Å². The molecule has 1 aromatic heterocycles. The summed E-state index contributed by atoms with van der Waals surface area (Å²) in [7, 11) is 1.61. The van der Waals surface area contributed by atoms with Gasteiger partial charge in [-0.1, -0.05) is 31.0 Å². The van der Waals surface area contributed by atoms with Crippen molar-refractivity contribution in [3.05, 3.63) is 65.6 Å². The van der Waals surface area contributed by atoms with Gasteiger partial charge in [-0.05, 0) is 31.0 Å². The van der Waals surface area contributed by atoms with Crippen molar-refractivity contribution in [1.82, 2.24) is 20.5 Å². The maximum atomic E-state index is 13.8. The molecule has 3 aliphatic rings. The van der Waals surface area contributed by atoms with Crippen molar-refractivity contribution in [1.29, 1.82) is 0 Å². The highest BCUT2D eigenvalue weighted by Crippen LogP contribution is 2.43. The molecule has 0 unspecified atom stereocenters. The molecule has 8 heteroatoms. The smallest absolute Gasteiger partial charge is 0.261 e. The molecule has 1 fully saturated rings. The predicted octanol–water partition coefficient (Wildman–Crippen LogP) is 2.34.